The topological polar surface area (TPSA) is 56.1 Å². The Morgan fingerprint density at radius 3 is 2.48 bits per heavy atom. The molecule has 27 heavy (non-hydrogen) atoms. The summed E-state index contributed by atoms with van der Waals surface area (Å²) in [4.78, 5) is 14.0. The molecule has 142 valence electrons. The second kappa shape index (κ2) is 9.19. The Morgan fingerprint density at radius 2 is 1.89 bits per heavy atom. The van der Waals surface area contributed by atoms with Crippen molar-refractivity contribution in [3.63, 3.8) is 0 Å². The monoisotopic (exact) mass is 375 g/mol. The molecule has 0 atom stereocenters. The molecule has 0 saturated heterocycles. The molecule has 0 unspecified atom stereocenters. The van der Waals surface area contributed by atoms with Crippen molar-refractivity contribution >= 4 is 11.6 Å². The molecule has 0 heterocycles. The molecule has 0 aliphatic rings. The first kappa shape index (κ1) is 20.5. The molecular weight excluding hydrogens is 355 g/mol. The minimum absolute atomic E-state index is 0.0159. The zero-order valence-corrected chi connectivity index (χ0v) is 14.9. The van der Waals surface area contributed by atoms with Gasteiger partial charge in [0.15, 0.2) is 0 Å². The van der Waals surface area contributed by atoms with Crippen LogP contribution in [-0.2, 0) is 17.5 Å². The van der Waals surface area contributed by atoms with E-state index in [2.05, 4.69) is 5.32 Å². The van der Waals surface area contributed by atoms with Crippen LogP contribution in [0.1, 0.15) is 30.0 Å². The van der Waals surface area contributed by atoms with E-state index < -0.39 is 17.3 Å². The molecule has 2 aromatic carbocycles. The highest BCUT2D eigenvalue weighted by molar-refractivity contribution is 5.95. The van der Waals surface area contributed by atoms with E-state index in [9.17, 15) is 18.0 Å². The van der Waals surface area contributed by atoms with E-state index in [-0.39, 0.29) is 24.7 Å². The van der Waals surface area contributed by atoms with Gasteiger partial charge in [-0.25, -0.2) is 0 Å². The van der Waals surface area contributed by atoms with Gasteiger partial charge in [0.1, 0.15) is 0 Å². The van der Waals surface area contributed by atoms with E-state index in [1.54, 1.807) is 30.3 Å². The summed E-state index contributed by atoms with van der Waals surface area (Å²) in [7, 11) is 0. The second-order valence-electron chi connectivity index (χ2n) is 5.98. The van der Waals surface area contributed by atoms with Crippen molar-refractivity contribution in [3.05, 3.63) is 65.2 Å². The van der Waals surface area contributed by atoms with Crippen LogP contribution in [0, 0.1) is 11.3 Å². The molecule has 0 bridgehead atoms. The van der Waals surface area contributed by atoms with E-state index in [4.69, 9.17) is 5.26 Å². The van der Waals surface area contributed by atoms with Crippen molar-refractivity contribution in [2.45, 2.75) is 26.1 Å². The number of nitrogens with one attached hydrogen (secondary N) is 1. The van der Waals surface area contributed by atoms with E-state index in [0.717, 1.165) is 24.1 Å². The first-order valence-corrected chi connectivity index (χ1v) is 8.53. The molecule has 1 amide bonds. The van der Waals surface area contributed by atoms with Gasteiger partial charge in [-0.3, -0.25) is 4.79 Å². The number of anilines is 1. The largest absolute Gasteiger partial charge is 0.417 e. The summed E-state index contributed by atoms with van der Waals surface area (Å²) in [6, 6.07) is 13.9. The van der Waals surface area contributed by atoms with Gasteiger partial charge in [-0.05, 0) is 36.7 Å². The van der Waals surface area contributed by atoms with Crippen LogP contribution in [0.15, 0.2) is 48.5 Å². The molecule has 2 aromatic rings. The number of nitrogens with zero attached hydrogens (tertiary/aromatic N) is 2. The van der Waals surface area contributed by atoms with Crippen LogP contribution in [0.25, 0.3) is 0 Å². The summed E-state index contributed by atoms with van der Waals surface area (Å²) in [5.74, 6) is -0.342. The van der Waals surface area contributed by atoms with E-state index in [1.165, 1.54) is 11.0 Å². The van der Waals surface area contributed by atoms with Crippen LogP contribution in [0.2, 0.25) is 0 Å². The normalized spacial score (nSPS) is 11.1. The van der Waals surface area contributed by atoms with E-state index >= 15 is 0 Å². The number of alkyl halides is 3. The van der Waals surface area contributed by atoms with Gasteiger partial charge in [0.2, 0.25) is 5.91 Å². The van der Waals surface area contributed by atoms with Gasteiger partial charge in [-0.15, -0.1) is 0 Å². The lowest BCUT2D eigenvalue weighted by atomic mass is 10.1. The molecule has 0 aliphatic carbocycles. The number of carbonyl (C=O) groups is 1. The second-order valence-corrected chi connectivity index (χ2v) is 5.98. The fourth-order valence-corrected chi connectivity index (χ4v) is 2.59. The Labute approximate surface area is 156 Å². The molecule has 0 aliphatic heterocycles. The summed E-state index contributed by atoms with van der Waals surface area (Å²) >= 11 is 0. The van der Waals surface area contributed by atoms with Crippen molar-refractivity contribution in [2.75, 3.05) is 18.0 Å². The van der Waals surface area contributed by atoms with Crippen molar-refractivity contribution < 1.29 is 18.0 Å². The predicted octanol–water partition coefficient (Wildman–Crippen LogP) is 4.11. The maximum absolute atomic E-state index is 13.3. The molecule has 4 nitrogen and oxygen atoms in total. The third-order valence-corrected chi connectivity index (χ3v) is 3.93. The van der Waals surface area contributed by atoms with Gasteiger partial charge >= 0.3 is 6.18 Å². The summed E-state index contributed by atoms with van der Waals surface area (Å²) < 4.78 is 39.9. The Bertz CT molecular complexity index is 813. The lowest BCUT2D eigenvalue weighted by Gasteiger charge is -2.24. The number of nitriles is 1. The molecule has 7 heteroatoms. The zero-order valence-electron chi connectivity index (χ0n) is 14.9. The minimum Gasteiger partial charge on any atom is -0.308 e. The standard InChI is InChI=1S/C20H20F3N3O/c1-2-10-25-13-19(27)26(14-15-6-4-3-5-7-15)17-9-8-16(12-24)18(11-17)20(21,22)23/h3-9,11,25H,2,10,13-14H2,1H3. The van der Waals surface area contributed by atoms with Crippen LogP contribution in [0.3, 0.4) is 0 Å². The number of carbonyl (C=O) groups excluding carboxylic acids is 1. The highest BCUT2D eigenvalue weighted by Gasteiger charge is 2.34. The molecule has 0 spiro atoms. The molecule has 2 rings (SSSR count). The van der Waals surface area contributed by atoms with Crippen molar-refractivity contribution in [3.8, 4) is 6.07 Å². The Hall–Kier alpha value is -2.85. The van der Waals surface area contributed by atoms with Gasteiger partial charge in [0.25, 0.3) is 0 Å². The maximum atomic E-state index is 13.3. The summed E-state index contributed by atoms with van der Waals surface area (Å²) in [5.41, 5.74) is -0.620. The summed E-state index contributed by atoms with van der Waals surface area (Å²) in [5, 5.41) is 11.9. The quantitative estimate of drug-likeness (QED) is 0.741. The van der Waals surface area contributed by atoms with Crippen LogP contribution < -0.4 is 10.2 Å². The Morgan fingerprint density at radius 1 is 1.19 bits per heavy atom. The molecule has 1 N–H and O–H groups in total. The number of hydrogen-bond acceptors (Lipinski definition) is 3. The van der Waals surface area contributed by atoms with Crippen LogP contribution >= 0.6 is 0 Å². The van der Waals surface area contributed by atoms with Gasteiger partial charge < -0.3 is 10.2 Å². The molecule has 0 saturated carbocycles. The van der Waals surface area contributed by atoms with Crippen molar-refractivity contribution in [1.82, 2.24) is 5.32 Å². The molecule has 0 fully saturated rings. The van der Waals surface area contributed by atoms with Crippen molar-refractivity contribution in [1.29, 1.82) is 5.26 Å². The average Bonchev–Trinajstić information content (AvgIpc) is 2.66. The number of halogens is 3. The fraction of sp³-hybridized carbons (Fsp3) is 0.300. The highest BCUT2D eigenvalue weighted by Crippen LogP contribution is 2.34. The first-order chi connectivity index (χ1) is 12.9. The lowest BCUT2D eigenvalue weighted by Crippen LogP contribution is -2.38. The molecule has 0 aromatic heterocycles. The number of benzene rings is 2. The summed E-state index contributed by atoms with van der Waals surface area (Å²) in [6.07, 6.45) is -3.84. The van der Waals surface area contributed by atoms with Gasteiger partial charge in [-0.1, -0.05) is 37.3 Å². The smallest absolute Gasteiger partial charge is 0.308 e. The number of hydrogen-bond donors (Lipinski definition) is 1. The highest BCUT2D eigenvalue weighted by atomic mass is 19.4. The van der Waals surface area contributed by atoms with Crippen LogP contribution in [0.4, 0.5) is 18.9 Å². The maximum Gasteiger partial charge on any atom is 0.417 e. The lowest BCUT2D eigenvalue weighted by molar-refractivity contribution is -0.137. The van der Waals surface area contributed by atoms with Gasteiger partial charge in [0.05, 0.1) is 30.3 Å². The fourth-order valence-electron chi connectivity index (χ4n) is 2.59. The Balaban J connectivity index is 2.40. The predicted molar refractivity (Wildman–Crippen MR) is 97.0 cm³/mol. The van der Waals surface area contributed by atoms with Gasteiger partial charge in [-0.2, -0.15) is 18.4 Å². The molecular formula is C20H20F3N3O. The minimum atomic E-state index is -4.68. The van der Waals surface area contributed by atoms with Crippen LogP contribution in [-0.4, -0.2) is 19.0 Å². The number of rotatable bonds is 7. The number of amides is 1. The third kappa shape index (κ3) is 5.56. The van der Waals surface area contributed by atoms with Gasteiger partial charge in [0, 0.05) is 5.69 Å². The van der Waals surface area contributed by atoms with Crippen LogP contribution in [0.5, 0.6) is 0 Å². The van der Waals surface area contributed by atoms with E-state index in [1.807, 2.05) is 13.0 Å². The summed E-state index contributed by atoms with van der Waals surface area (Å²) in [6.45, 7) is 2.74. The van der Waals surface area contributed by atoms with Crippen molar-refractivity contribution in [2.24, 2.45) is 0 Å². The first-order valence-electron chi connectivity index (χ1n) is 8.53. The average molecular weight is 375 g/mol. The molecule has 0 radical (unpaired) electrons. The Kier molecular flexibility index (Phi) is 6.97. The van der Waals surface area contributed by atoms with E-state index in [0.29, 0.717) is 6.54 Å². The zero-order chi connectivity index (χ0) is 19.9. The third-order valence-electron chi connectivity index (χ3n) is 3.93. The SMILES string of the molecule is CCCNCC(=O)N(Cc1ccccc1)c1ccc(C#N)c(C(F)(F)F)c1.